The summed E-state index contributed by atoms with van der Waals surface area (Å²) in [4.78, 5) is 0. The van der Waals surface area contributed by atoms with Gasteiger partial charge < -0.3 is 0 Å². The van der Waals surface area contributed by atoms with E-state index < -0.39 is 0 Å². The summed E-state index contributed by atoms with van der Waals surface area (Å²) in [5.41, 5.74) is 0. The Morgan fingerprint density at radius 1 is 1.86 bits per heavy atom. The van der Waals surface area contributed by atoms with Crippen molar-refractivity contribution in [2.45, 2.75) is 5.37 Å². The van der Waals surface area contributed by atoms with Crippen LogP contribution in [0.2, 0.25) is 0 Å². The van der Waals surface area contributed by atoms with Gasteiger partial charge in [-0.05, 0) is 6.26 Å². The maximum Gasteiger partial charge on any atom is 0.0627 e. The minimum Gasteiger partial charge on any atom is -0.296 e. The quantitative estimate of drug-likeness (QED) is 0.575. The second kappa shape index (κ2) is 2.84. The highest BCUT2D eigenvalue weighted by molar-refractivity contribution is 8.03. The van der Waals surface area contributed by atoms with E-state index in [0.29, 0.717) is 0 Å². The topological polar surface area (TPSA) is 12.0 Å². The zero-order valence-corrected chi connectivity index (χ0v) is 5.94. The fourth-order valence-electron chi connectivity index (χ4n) is 0.528. The first-order valence-corrected chi connectivity index (χ1v) is 4.71. The van der Waals surface area contributed by atoms with Gasteiger partial charge in [0.1, 0.15) is 0 Å². The predicted molar refractivity (Wildman–Crippen MR) is 37.8 cm³/mol. The first kappa shape index (κ1) is 5.79. The third-order valence-electron chi connectivity index (χ3n) is 0.967. The summed E-state index contributed by atoms with van der Waals surface area (Å²) in [6.45, 7) is 0. The molecule has 0 amide bonds. The molecule has 1 fully saturated rings. The number of hydrogen-bond acceptors (Lipinski definition) is 3. The van der Waals surface area contributed by atoms with Gasteiger partial charge in [0, 0.05) is 11.6 Å². The normalized spacial score (nSPS) is 31.3. The van der Waals surface area contributed by atoms with Crippen LogP contribution in [-0.4, -0.2) is 23.3 Å². The van der Waals surface area contributed by atoms with Crippen LogP contribution in [0.3, 0.4) is 0 Å². The summed E-state index contributed by atoms with van der Waals surface area (Å²) in [5, 5.41) is 4.06. The van der Waals surface area contributed by atoms with Crippen molar-refractivity contribution in [3.05, 3.63) is 0 Å². The molecule has 1 rings (SSSR count). The molecule has 1 aliphatic rings. The molecular weight excluding hydrogens is 126 g/mol. The summed E-state index contributed by atoms with van der Waals surface area (Å²) in [5.74, 6) is 2.42. The van der Waals surface area contributed by atoms with Crippen molar-refractivity contribution in [2.24, 2.45) is 0 Å². The average Bonchev–Trinajstić information content (AvgIpc) is 2.14. The number of thioether (sulfide) groups is 2. The maximum absolute atomic E-state index is 3.33. The van der Waals surface area contributed by atoms with Crippen LogP contribution in [0.5, 0.6) is 0 Å². The van der Waals surface area contributed by atoms with Gasteiger partial charge in [-0.2, -0.15) is 0 Å². The molecule has 0 aromatic carbocycles. The van der Waals surface area contributed by atoms with Crippen LogP contribution in [0.25, 0.3) is 0 Å². The largest absolute Gasteiger partial charge is 0.296 e. The summed E-state index contributed by atoms with van der Waals surface area (Å²) in [6.07, 6.45) is 2.14. The van der Waals surface area contributed by atoms with Crippen LogP contribution in [0.4, 0.5) is 0 Å². The van der Waals surface area contributed by atoms with E-state index in [4.69, 9.17) is 0 Å². The lowest BCUT2D eigenvalue weighted by Gasteiger charge is -2.00. The predicted octanol–water partition coefficient (Wildman–Crippen LogP) is 0.969. The van der Waals surface area contributed by atoms with E-state index in [0.717, 1.165) is 11.3 Å². The van der Waals surface area contributed by atoms with Crippen LogP contribution in [-0.2, 0) is 0 Å². The van der Waals surface area contributed by atoms with E-state index in [2.05, 4.69) is 11.6 Å². The van der Waals surface area contributed by atoms with Gasteiger partial charge in [-0.1, -0.05) is 0 Å². The molecule has 3 heteroatoms. The molecule has 1 aliphatic heterocycles. The molecule has 1 atom stereocenters. The van der Waals surface area contributed by atoms with E-state index >= 15 is 0 Å². The Hall–Kier alpha value is 0.660. The Kier molecular flexibility index (Phi) is 2.35. The molecule has 0 radical (unpaired) electrons. The minimum atomic E-state index is 0.727. The third kappa shape index (κ3) is 1.55. The van der Waals surface area contributed by atoms with Crippen LogP contribution in [0, 0.1) is 0 Å². The Morgan fingerprint density at radius 2 is 2.71 bits per heavy atom. The lowest BCUT2D eigenvalue weighted by atomic mass is 10.8. The van der Waals surface area contributed by atoms with Crippen molar-refractivity contribution >= 4 is 23.5 Å². The molecule has 42 valence electrons. The van der Waals surface area contributed by atoms with Crippen molar-refractivity contribution in [2.75, 3.05) is 17.9 Å². The highest BCUT2D eigenvalue weighted by Gasteiger charge is 2.10. The Balaban J connectivity index is 2.14. The Morgan fingerprint density at radius 3 is 3.00 bits per heavy atom. The van der Waals surface area contributed by atoms with Crippen LogP contribution in [0.1, 0.15) is 0 Å². The molecule has 0 aromatic rings. The second-order valence-corrected chi connectivity index (χ2v) is 3.51. The summed E-state index contributed by atoms with van der Waals surface area (Å²) < 4.78 is 0. The molecule has 0 saturated carbocycles. The van der Waals surface area contributed by atoms with Gasteiger partial charge in [0.25, 0.3) is 0 Å². The third-order valence-corrected chi connectivity index (χ3v) is 3.02. The Labute approximate surface area is 52.6 Å². The number of hydrogen-bond donors (Lipinski definition) is 1. The van der Waals surface area contributed by atoms with Crippen LogP contribution < -0.4 is 5.32 Å². The SMILES string of the molecule is CSC1CSCN1. The van der Waals surface area contributed by atoms with Gasteiger partial charge in [-0.3, -0.25) is 5.32 Å². The highest BCUT2D eigenvalue weighted by atomic mass is 32.2. The molecule has 1 unspecified atom stereocenters. The molecule has 0 spiro atoms. The standard InChI is InChI=1S/C4H9NS2/c1-6-4-2-7-3-5-4/h4-5H,2-3H2,1H3. The lowest BCUT2D eigenvalue weighted by Crippen LogP contribution is -2.18. The lowest BCUT2D eigenvalue weighted by molar-refractivity contribution is 0.832. The van der Waals surface area contributed by atoms with Crippen molar-refractivity contribution < 1.29 is 0 Å². The van der Waals surface area contributed by atoms with E-state index in [1.165, 1.54) is 5.75 Å². The van der Waals surface area contributed by atoms with Crippen molar-refractivity contribution in [3.63, 3.8) is 0 Å². The van der Waals surface area contributed by atoms with Gasteiger partial charge in [-0.15, -0.1) is 23.5 Å². The average molecular weight is 135 g/mol. The van der Waals surface area contributed by atoms with Crippen LogP contribution >= 0.6 is 23.5 Å². The van der Waals surface area contributed by atoms with Gasteiger partial charge in [0.05, 0.1) is 5.37 Å². The molecule has 7 heavy (non-hydrogen) atoms. The first-order chi connectivity index (χ1) is 3.43. The van der Waals surface area contributed by atoms with E-state index in [9.17, 15) is 0 Å². The zero-order chi connectivity index (χ0) is 5.11. The fraction of sp³-hybridized carbons (Fsp3) is 1.00. The van der Waals surface area contributed by atoms with Crippen molar-refractivity contribution in [1.82, 2.24) is 5.32 Å². The van der Waals surface area contributed by atoms with Gasteiger partial charge in [-0.25, -0.2) is 0 Å². The summed E-state index contributed by atoms with van der Waals surface area (Å²) >= 11 is 3.88. The smallest absolute Gasteiger partial charge is 0.0627 e. The van der Waals surface area contributed by atoms with Gasteiger partial charge in [0.2, 0.25) is 0 Å². The first-order valence-electron chi connectivity index (χ1n) is 2.27. The van der Waals surface area contributed by atoms with E-state index in [1.807, 2.05) is 23.5 Å². The number of rotatable bonds is 1. The molecular formula is C4H9NS2. The van der Waals surface area contributed by atoms with Crippen LogP contribution in [0.15, 0.2) is 0 Å². The molecule has 0 aliphatic carbocycles. The van der Waals surface area contributed by atoms with E-state index in [1.54, 1.807) is 0 Å². The maximum atomic E-state index is 3.33. The molecule has 0 aromatic heterocycles. The molecule has 1 nitrogen and oxygen atoms in total. The summed E-state index contributed by atoms with van der Waals surface area (Å²) in [7, 11) is 0. The molecule has 0 bridgehead atoms. The van der Waals surface area contributed by atoms with Crippen molar-refractivity contribution in [3.8, 4) is 0 Å². The minimum absolute atomic E-state index is 0.727. The van der Waals surface area contributed by atoms with Crippen molar-refractivity contribution in [1.29, 1.82) is 0 Å². The number of nitrogens with one attached hydrogen (secondary N) is 1. The van der Waals surface area contributed by atoms with Gasteiger partial charge >= 0.3 is 0 Å². The molecule has 1 heterocycles. The fourth-order valence-corrected chi connectivity index (χ4v) is 2.49. The Bertz CT molecular complexity index is 51.7. The molecule has 1 saturated heterocycles. The second-order valence-electron chi connectivity index (χ2n) is 1.44. The zero-order valence-electron chi connectivity index (χ0n) is 4.31. The van der Waals surface area contributed by atoms with E-state index in [-0.39, 0.29) is 0 Å². The summed E-state index contributed by atoms with van der Waals surface area (Å²) in [6, 6.07) is 0. The monoisotopic (exact) mass is 135 g/mol. The highest BCUT2D eigenvalue weighted by Crippen LogP contribution is 2.16. The van der Waals surface area contributed by atoms with Gasteiger partial charge in [0.15, 0.2) is 0 Å². The molecule has 1 N–H and O–H groups in total.